The van der Waals surface area contributed by atoms with E-state index in [1.165, 1.54) is 46.4 Å². The summed E-state index contributed by atoms with van der Waals surface area (Å²) < 4.78 is 42.7. The highest BCUT2D eigenvalue weighted by Gasteiger charge is 2.31. The van der Waals surface area contributed by atoms with Crippen LogP contribution in [0.2, 0.25) is 0 Å². The molecule has 1 aliphatic heterocycles. The number of nitrogens with one attached hydrogen (secondary N) is 1. The number of thioether (sulfide) groups is 1. The Morgan fingerprint density at radius 3 is 2.51 bits per heavy atom. The van der Waals surface area contributed by atoms with Crippen molar-refractivity contribution in [1.29, 1.82) is 0 Å². The van der Waals surface area contributed by atoms with Gasteiger partial charge in [0.25, 0.3) is 0 Å². The summed E-state index contributed by atoms with van der Waals surface area (Å²) in [4.78, 5) is 23.8. The molecule has 234 valence electrons. The number of ether oxygens (including phenoxy) is 1. The fraction of sp³-hybridized carbons (Fsp3) is 0.273. The largest absolute Gasteiger partial charge is 0.573 e. The molecule has 1 saturated heterocycles. The molecule has 2 amide bonds. The highest BCUT2D eigenvalue weighted by Crippen LogP contribution is 2.34. The molecule has 1 aliphatic rings. The Hall–Kier alpha value is -4.58. The van der Waals surface area contributed by atoms with E-state index in [4.69, 9.17) is 0 Å². The molecule has 1 fully saturated rings. The van der Waals surface area contributed by atoms with Gasteiger partial charge in [0.1, 0.15) is 12.1 Å². The number of carbonyl (C=O) groups is 1. The lowest BCUT2D eigenvalue weighted by Gasteiger charge is -2.32. The summed E-state index contributed by atoms with van der Waals surface area (Å²) >= 11 is 1.59. The lowest BCUT2D eigenvalue weighted by Crippen LogP contribution is -2.36. The Labute approximate surface area is 264 Å². The molecule has 4 aromatic rings. The van der Waals surface area contributed by atoms with Crippen molar-refractivity contribution < 1.29 is 22.7 Å². The molecular formula is C33H33F3N6O2S. The molecule has 0 unspecified atom stereocenters. The van der Waals surface area contributed by atoms with Crippen LogP contribution in [-0.4, -0.2) is 44.6 Å². The number of rotatable bonds is 7. The van der Waals surface area contributed by atoms with Crippen LogP contribution >= 0.6 is 11.8 Å². The summed E-state index contributed by atoms with van der Waals surface area (Å²) in [5, 5.41) is 7.94. The Kier molecular flexibility index (Phi) is 9.62. The van der Waals surface area contributed by atoms with E-state index in [0.717, 1.165) is 41.1 Å². The Morgan fingerprint density at radius 1 is 1.09 bits per heavy atom. The second-order valence-corrected chi connectivity index (χ2v) is 11.9. The number of urea groups is 1. The number of amides is 2. The predicted octanol–water partition coefficient (Wildman–Crippen LogP) is 8.33. The van der Waals surface area contributed by atoms with E-state index < -0.39 is 12.4 Å². The summed E-state index contributed by atoms with van der Waals surface area (Å²) in [6.45, 7) is 9.17. The van der Waals surface area contributed by atoms with Crippen molar-refractivity contribution in [3.05, 3.63) is 95.9 Å². The fourth-order valence-corrected chi connectivity index (χ4v) is 6.05. The summed E-state index contributed by atoms with van der Waals surface area (Å²) in [5.41, 5.74) is 6.61. The minimum atomic E-state index is -4.75. The Bertz CT molecular complexity index is 1710. The number of alkyl halides is 3. The van der Waals surface area contributed by atoms with Gasteiger partial charge in [-0.05, 0) is 78.8 Å². The molecule has 5 rings (SSSR count). The van der Waals surface area contributed by atoms with Crippen LogP contribution in [0.5, 0.6) is 5.75 Å². The number of amidine groups is 1. The fourth-order valence-electron chi connectivity index (χ4n) is 5.10. The second kappa shape index (κ2) is 13.6. The van der Waals surface area contributed by atoms with Gasteiger partial charge < -0.3 is 15.0 Å². The van der Waals surface area contributed by atoms with Crippen molar-refractivity contribution in [1.82, 2.24) is 20.1 Å². The maximum Gasteiger partial charge on any atom is 0.573 e. The zero-order valence-corrected chi connectivity index (χ0v) is 26.1. The third-order valence-corrected chi connectivity index (χ3v) is 8.25. The molecule has 0 aliphatic carbocycles. The smallest absolute Gasteiger partial charge is 0.406 e. The number of halogens is 3. The van der Waals surface area contributed by atoms with Crippen molar-refractivity contribution in [3.63, 3.8) is 0 Å². The first kappa shape index (κ1) is 31.8. The zero-order valence-electron chi connectivity index (χ0n) is 25.3. The topological polar surface area (TPSA) is 84.6 Å². The molecule has 2 heterocycles. The van der Waals surface area contributed by atoms with E-state index in [9.17, 15) is 18.0 Å². The van der Waals surface area contributed by atoms with E-state index in [0.29, 0.717) is 22.6 Å². The third-order valence-electron chi connectivity index (χ3n) is 7.19. The lowest BCUT2D eigenvalue weighted by molar-refractivity contribution is -0.274. The van der Waals surface area contributed by atoms with Crippen molar-refractivity contribution in [2.24, 2.45) is 4.99 Å². The number of aromatic nitrogens is 3. The van der Waals surface area contributed by atoms with Gasteiger partial charge in [0.05, 0.1) is 5.69 Å². The summed E-state index contributed by atoms with van der Waals surface area (Å²) in [6, 6.07) is 18.7. The van der Waals surface area contributed by atoms with Crippen molar-refractivity contribution in [2.45, 2.75) is 46.4 Å². The number of nitrogens with zero attached hydrogens (tertiary/aromatic N) is 5. The maximum atomic E-state index is 12.9. The number of carbonyl (C=O) groups excluding carboxylic acids is 1. The molecule has 3 aromatic carbocycles. The minimum Gasteiger partial charge on any atom is -0.406 e. The zero-order chi connectivity index (χ0) is 32.1. The average Bonchev–Trinajstić information content (AvgIpc) is 3.50. The molecule has 12 heteroatoms. The average molecular weight is 635 g/mol. The molecule has 1 N–H and O–H groups in total. The van der Waals surface area contributed by atoms with Gasteiger partial charge in [-0.25, -0.2) is 14.5 Å². The molecule has 0 bridgehead atoms. The summed E-state index contributed by atoms with van der Waals surface area (Å²) in [6.07, 6.45) is -0.614. The van der Waals surface area contributed by atoms with E-state index in [1.807, 2.05) is 37.3 Å². The van der Waals surface area contributed by atoms with Crippen LogP contribution in [0, 0.1) is 6.92 Å². The number of benzene rings is 3. The minimum absolute atomic E-state index is 0.313. The molecule has 0 atom stereocenters. The SMILES string of the molecule is C/C(=C\NC(=O)/N=C1\SCCCN1c1cccc(C)c1C(C)C)c1ccc(-c2ncn(-c3ccc(OC(F)(F)F)cc3)n2)cc1. The normalized spacial score (nSPS) is 15.1. The molecule has 1 aromatic heterocycles. The molecule has 0 saturated carbocycles. The third kappa shape index (κ3) is 7.93. The van der Waals surface area contributed by atoms with Crippen LogP contribution < -0.4 is 15.0 Å². The number of anilines is 1. The number of aryl methyl sites for hydroxylation is 1. The van der Waals surface area contributed by atoms with Crippen LogP contribution in [0.15, 0.2) is 84.2 Å². The van der Waals surface area contributed by atoms with Crippen molar-refractivity contribution >= 4 is 34.2 Å². The van der Waals surface area contributed by atoms with Crippen LogP contribution in [0.4, 0.5) is 23.7 Å². The highest BCUT2D eigenvalue weighted by atomic mass is 32.2. The van der Waals surface area contributed by atoms with E-state index in [-0.39, 0.29) is 5.75 Å². The van der Waals surface area contributed by atoms with Crippen molar-refractivity contribution in [2.75, 3.05) is 17.2 Å². The van der Waals surface area contributed by atoms with E-state index >= 15 is 0 Å². The number of hydrogen-bond donors (Lipinski definition) is 1. The van der Waals surface area contributed by atoms with Gasteiger partial charge in [0.2, 0.25) is 0 Å². The lowest BCUT2D eigenvalue weighted by atomic mass is 9.95. The van der Waals surface area contributed by atoms with Gasteiger partial charge >= 0.3 is 12.4 Å². The first-order valence-corrected chi connectivity index (χ1v) is 15.4. The standard InChI is InChI=1S/C33H33F3N6O2S/c1-21(2)29-22(3)7-5-8-28(29)41-17-6-18-45-32(41)39-31(43)37-19-23(4)24-9-11-25(12-10-24)30-38-20-42(40-30)26-13-15-27(16-14-26)44-33(34,35)36/h5,7-16,19-21H,6,17-18H2,1-4H3,(H,37,43)/b23-19+,39-32-. The van der Waals surface area contributed by atoms with Crippen LogP contribution in [0.3, 0.4) is 0 Å². The molecule has 0 spiro atoms. The van der Waals surface area contributed by atoms with Gasteiger partial charge in [-0.15, -0.1) is 18.3 Å². The first-order valence-electron chi connectivity index (χ1n) is 14.4. The number of allylic oxidation sites excluding steroid dienone is 1. The van der Waals surface area contributed by atoms with Gasteiger partial charge in [-0.3, -0.25) is 0 Å². The quantitative estimate of drug-likeness (QED) is 0.220. The summed E-state index contributed by atoms with van der Waals surface area (Å²) in [5.74, 6) is 1.38. The Morgan fingerprint density at radius 2 is 1.82 bits per heavy atom. The van der Waals surface area contributed by atoms with E-state index in [2.05, 4.69) is 62.9 Å². The van der Waals surface area contributed by atoms with Crippen molar-refractivity contribution in [3.8, 4) is 22.8 Å². The van der Waals surface area contributed by atoms with Crippen LogP contribution in [-0.2, 0) is 0 Å². The van der Waals surface area contributed by atoms with Gasteiger partial charge in [-0.2, -0.15) is 4.99 Å². The number of aliphatic imine (C=N–C) groups is 1. The molecule has 0 radical (unpaired) electrons. The number of hydrogen-bond acceptors (Lipinski definition) is 5. The van der Waals surface area contributed by atoms with Gasteiger partial charge in [0, 0.05) is 29.7 Å². The maximum absolute atomic E-state index is 12.9. The monoisotopic (exact) mass is 634 g/mol. The highest BCUT2D eigenvalue weighted by molar-refractivity contribution is 8.14. The Balaban J connectivity index is 1.24. The first-order chi connectivity index (χ1) is 21.5. The van der Waals surface area contributed by atoms with Gasteiger partial charge in [-0.1, -0.05) is 62.0 Å². The predicted molar refractivity (Wildman–Crippen MR) is 173 cm³/mol. The molecule has 8 nitrogen and oxygen atoms in total. The van der Waals surface area contributed by atoms with E-state index in [1.54, 1.807) is 18.0 Å². The summed E-state index contributed by atoms with van der Waals surface area (Å²) in [7, 11) is 0. The van der Waals surface area contributed by atoms with Crippen LogP contribution in [0.1, 0.15) is 49.8 Å². The molecule has 45 heavy (non-hydrogen) atoms. The molecular weight excluding hydrogens is 601 g/mol. The second-order valence-electron chi connectivity index (χ2n) is 10.8. The van der Waals surface area contributed by atoms with Crippen LogP contribution in [0.25, 0.3) is 22.6 Å². The van der Waals surface area contributed by atoms with Gasteiger partial charge in [0.15, 0.2) is 11.0 Å².